The molecule has 0 bridgehead atoms. The third-order valence-corrected chi connectivity index (χ3v) is 2.66. The first kappa shape index (κ1) is 14.0. The molecule has 0 saturated heterocycles. The van der Waals surface area contributed by atoms with Crippen LogP contribution < -0.4 is 4.74 Å². The molecule has 6 heteroatoms. The molecule has 0 radical (unpaired) electrons. The maximum atomic E-state index is 13.5. The summed E-state index contributed by atoms with van der Waals surface area (Å²) in [5.74, 6) is -6.32. The third kappa shape index (κ3) is 2.49. The fourth-order valence-corrected chi connectivity index (χ4v) is 1.66. The van der Waals surface area contributed by atoms with E-state index >= 15 is 0 Å². The van der Waals surface area contributed by atoms with E-state index in [-0.39, 0.29) is 11.3 Å². The van der Waals surface area contributed by atoms with Crippen molar-refractivity contribution in [2.45, 2.75) is 0 Å². The number of hydrogen-bond donors (Lipinski definition) is 0. The molecule has 0 aliphatic carbocycles. The Morgan fingerprint density at radius 1 is 0.900 bits per heavy atom. The number of carbonyl (C=O) groups excluding carboxylic acids is 1. The summed E-state index contributed by atoms with van der Waals surface area (Å²) >= 11 is 0. The minimum atomic E-state index is -1.66. The van der Waals surface area contributed by atoms with Crippen LogP contribution >= 0.6 is 0 Å². The molecule has 0 unspecified atom stereocenters. The normalized spacial score (nSPS) is 10.4. The van der Waals surface area contributed by atoms with E-state index in [1.807, 2.05) is 0 Å². The number of carbonyl (C=O) groups is 1. The van der Waals surface area contributed by atoms with E-state index in [4.69, 9.17) is 0 Å². The van der Waals surface area contributed by atoms with Gasteiger partial charge in [-0.15, -0.1) is 0 Å². The maximum Gasteiger partial charge on any atom is 0.194 e. The second-order valence-corrected chi connectivity index (χ2v) is 3.93. The van der Waals surface area contributed by atoms with E-state index < -0.39 is 34.6 Å². The lowest BCUT2D eigenvalue weighted by Crippen LogP contribution is -2.05. The Hall–Kier alpha value is -2.37. The molecule has 0 aliphatic heterocycles. The Labute approximate surface area is 111 Å². The van der Waals surface area contributed by atoms with Gasteiger partial charge in [0.1, 0.15) is 0 Å². The SMILES string of the molecule is COc1ccc(C(=O)c2cc(F)c(F)c(F)c2)cc1F. The van der Waals surface area contributed by atoms with E-state index in [1.165, 1.54) is 19.2 Å². The summed E-state index contributed by atoms with van der Waals surface area (Å²) in [6.07, 6.45) is 0. The molecule has 0 spiro atoms. The number of halogens is 4. The molecular formula is C14H8F4O2. The molecule has 0 fully saturated rings. The number of methoxy groups -OCH3 is 1. The standard InChI is InChI=1S/C14H8F4O2/c1-20-12-3-2-7(4-9(12)15)14(19)8-5-10(16)13(18)11(17)6-8/h2-6H,1H3. The van der Waals surface area contributed by atoms with Gasteiger partial charge in [-0.25, -0.2) is 17.6 Å². The summed E-state index contributed by atoms with van der Waals surface area (Å²) in [6, 6.07) is 4.44. The molecule has 104 valence electrons. The van der Waals surface area contributed by atoms with Crippen molar-refractivity contribution in [2.24, 2.45) is 0 Å². The van der Waals surface area contributed by atoms with E-state index in [2.05, 4.69) is 4.74 Å². The molecule has 0 N–H and O–H groups in total. The van der Waals surface area contributed by atoms with Crippen LogP contribution in [-0.4, -0.2) is 12.9 Å². The highest BCUT2D eigenvalue weighted by Gasteiger charge is 2.17. The van der Waals surface area contributed by atoms with E-state index in [0.717, 1.165) is 6.07 Å². The van der Waals surface area contributed by atoms with Gasteiger partial charge in [0.05, 0.1) is 7.11 Å². The Kier molecular flexibility index (Phi) is 3.74. The average molecular weight is 284 g/mol. The minimum Gasteiger partial charge on any atom is -0.494 e. The predicted octanol–water partition coefficient (Wildman–Crippen LogP) is 3.48. The van der Waals surface area contributed by atoms with Gasteiger partial charge in [0.25, 0.3) is 0 Å². The molecule has 2 aromatic carbocycles. The van der Waals surface area contributed by atoms with Gasteiger partial charge in [0.2, 0.25) is 0 Å². The van der Waals surface area contributed by atoms with Crippen LogP contribution in [0.3, 0.4) is 0 Å². The zero-order chi connectivity index (χ0) is 14.9. The fraction of sp³-hybridized carbons (Fsp3) is 0.0714. The Morgan fingerprint density at radius 2 is 1.45 bits per heavy atom. The first-order valence-corrected chi connectivity index (χ1v) is 5.47. The monoisotopic (exact) mass is 284 g/mol. The Bertz CT molecular complexity index is 660. The Balaban J connectivity index is 2.44. The van der Waals surface area contributed by atoms with Gasteiger partial charge in [-0.2, -0.15) is 0 Å². The van der Waals surface area contributed by atoms with Gasteiger partial charge in [-0.1, -0.05) is 0 Å². The van der Waals surface area contributed by atoms with Crippen molar-refractivity contribution in [3.63, 3.8) is 0 Å². The van der Waals surface area contributed by atoms with Crippen molar-refractivity contribution in [2.75, 3.05) is 7.11 Å². The number of ether oxygens (including phenoxy) is 1. The summed E-state index contributed by atoms with van der Waals surface area (Å²) in [5.41, 5.74) is -0.542. The Morgan fingerprint density at radius 3 is 1.95 bits per heavy atom. The second kappa shape index (κ2) is 5.32. The van der Waals surface area contributed by atoms with Gasteiger partial charge in [-0.05, 0) is 30.3 Å². The topological polar surface area (TPSA) is 26.3 Å². The summed E-state index contributed by atoms with van der Waals surface area (Å²) in [7, 11) is 1.25. The summed E-state index contributed by atoms with van der Waals surface area (Å²) in [6.45, 7) is 0. The fourth-order valence-electron chi connectivity index (χ4n) is 1.66. The van der Waals surface area contributed by atoms with Crippen LogP contribution in [-0.2, 0) is 0 Å². The molecule has 2 nitrogen and oxygen atoms in total. The summed E-state index contributed by atoms with van der Waals surface area (Å²) < 4.78 is 57.1. The summed E-state index contributed by atoms with van der Waals surface area (Å²) in [5, 5.41) is 0. The lowest BCUT2D eigenvalue weighted by Gasteiger charge is -2.05. The van der Waals surface area contributed by atoms with Crippen molar-refractivity contribution in [1.82, 2.24) is 0 Å². The van der Waals surface area contributed by atoms with Crippen molar-refractivity contribution >= 4 is 5.78 Å². The van der Waals surface area contributed by atoms with Gasteiger partial charge in [-0.3, -0.25) is 4.79 Å². The largest absolute Gasteiger partial charge is 0.494 e. The second-order valence-electron chi connectivity index (χ2n) is 3.93. The number of ketones is 1. The molecule has 0 heterocycles. The smallest absolute Gasteiger partial charge is 0.194 e. The number of benzene rings is 2. The highest BCUT2D eigenvalue weighted by Crippen LogP contribution is 2.21. The lowest BCUT2D eigenvalue weighted by atomic mass is 10.0. The highest BCUT2D eigenvalue weighted by atomic mass is 19.2. The predicted molar refractivity (Wildman–Crippen MR) is 62.7 cm³/mol. The van der Waals surface area contributed by atoms with Crippen LogP contribution in [0.2, 0.25) is 0 Å². The molecule has 2 rings (SSSR count). The maximum absolute atomic E-state index is 13.5. The van der Waals surface area contributed by atoms with Crippen LogP contribution in [0.1, 0.15) is 15.9 Å². The highest BCUT2D eigenvalue weighted by molar-refractivity contribution is 6.09. The molecule has 0 aromatic heterocycles. The van der Waals surface area contributed by atoms with Crippen molar-refractivity contribution in [3.05, 3.63) is 64.7 Å². The van der Waals surface area contributed by atoms with Gasteiger partial charge in [0, 0.05) is 11.1 Å². The van der Waals surface area contributed by atoms with Crippen molar-refractivity contribution in [3.8, 4) is 5.75 Å². The zero-order valence-electron chi connectivity index (χ0n) is 10.2. The molecule has 0 atom stereocenters. The van der Waals surface area contributed by atoms with Crippen LogP contribution in [0.15, 0.2) is 30.3 Å². The van der Waals surface area contributed by atoms with Crippen LogP contribution in [0.5, 0.6) is 5.75 Å². The first-order valence-electron chi connectivity index (χ1n) is 5.47. The van der Waals surface area contributed by atoms with E-state index in [0.29, 0.717) is 12.1 Å². The molecule has 0 amide bonds. The van der Waals surface area contributed by atoms with Crippen molar-refractivity contribution in [1.29, 1.82) is 0 Å². The average Bonchev–Trinajstić information content (AvgIpc) is 2.43. The van der Waals surface area contributed by atoms with Gasteiger partial charge in [0.15, 0.2) is 34.8 Å². The number of hydrogen-bond acceptors (Lipinski definition) is 2. The molecule has 20 heavy (non-hydrogen) atoms. The van der Waals surface area contributed by atoms with Crippen molar-refractivity contribution < 1.29 is 27.1 Å². The minimum absolute atomic E-state index is 0.0713. The summed E-state index contributed by atoms with van der Waals surface area (Å²) in [4.78, 5) is 12.0. The quantitative estimate of drug-likeness (QED) is 0.490. The van der Waals surface area contributed by atoms with Gasteiger partial charge < -0.3 is 4.74 Å². The van der Waals surface area contributed by atoms with Crippen LogP contribution in [0, 0.1) is 23.3 Å². The molecular weight excluding hydrogens is 276 g/mol. The van der Waals surface area contributed by atoms with Crippen LogP contribution in [0.4, 0.5) is 17.6 Å². The first-order chi connectivity index (χ1) is 9.43. The third-order valence-electron chi connectivity index (χ3n) is 2.66. The van der Waals surface area contributed by atoms with E-state index in [9.17, 15) is 22.4 Å². The molecule has 0 saturated carbocycles. The number of rotatable bonds is 3. The van der Waals surface area contributed by atoms with Crippen LogP contribution in [0.25, 0.3) is 0 Å². The van der Waals surface area contributed by atoms with E-state index in [1.54, 1.807) is 0 Å². The van der Waals surface area contributed by atoms with Gasteiger partial charge >= 0.3 is 0 Å². The molecule has 0 aliphatic rings. The lowest BCUT2D eigenvalue weighted by molar-refractivity contribution is 0.103. The molecule has 2 aromatic rings. The zero-order valence-corrected chi connectivity index (χ0v) is 10.2.